The molecule has 100 valence electrons. The van der Waals surface area contributed by atoms with E-state index in [0.29, 0.717) is 24.5 Å². The molecule has 0 bridgehead atoms. The van der Waals surface area contributed by atoms with Gasteiger partial charge in [0.15, 0.2) is 0 Å². The Morgan fingerprint density at radius 1 is 1.56 bits per heavy atom. The normalized spacial score (nSPS) is 13.9. The molecule has 4 heteroatoms. The molecule has 0 aromatic carbocycles. The predicted octanol–water partition coefficient (Wildman–Crippen LogP) is 3.46. The highest BCUT2D eigenvalue weighted by Gasteiger charge is 2.15. The number of carboxylic acids is 1. The SMILES string of the molecule is CC/C(=C/CNC(c1cccs1)C(C)C)C(=O)O. The Morgan fingerprint density at radius 3 is 2.72 bits per heavy atom. The number of rotatable bonds is 7. The highest BCUT2D eigenvalue weighted by molar-refractivity contribution is 7.10. The van der Waals surface area contributed by atoms with Crippen molar-refractivity contribution in [2.75, 3.05) is 6.54 Å². The highest BCUT2D eigenvalue weighted by Crippen LogP contribution is 2.25. The minimum atomic E-state index is -0.823. The molecule has 3 nitrogen and oxygen atoms in total. The van der Waals surface area contributed by atoms with Crippen LogP contribution in [0.25, 0.3) is 0 Å². The largest absolute Gasteiger partial charge is 0.478 e. The molecule has 1 aromatic rings. The second-order valence-corrected chi connectivity index (χ2v) is 5.51. The van der Waals surface area contributed by atoms with Gasteiger partial charge in [-0.3, -0.25) is 0 Å². The Labute approximate surface area is 113 Å². The van der Waals surface area contributed by atoms with Gasteiger partial charge >= 0.3 is 5.97 Å². The van der Waals surface area contributed by atoms with Gasteiger partial charge in [0.25, 0.3) is 0 Å². The lowest BCUT2D eigenvalue weighted by molar-refractivity contribution is -0.132. The third-order valence-electron chi connectivity index (χ3n) is 2.86. The highest BCUT2D eigenvalue weighted by atomic mass is 32.1. The van der Waals surface area contributed by atoms with Gasteiger partial charge < -0.3 is 10.4 Å². The second-order valence-electron chi connectivity index (χ2n) is 4.53. The van der Waals surface area contributed by atoms with E-state index in [0.717, 1.165) is 0 Å². The lowest BCUT2D eigenvalue weighted by Gasteiger charge is -2.20. The summed E-state index contributed by atoms with van der Waals surface area (Å²) in [6, 6.07) is 4.44. The molecule has 18 heavy (non-hydrogen) atoms. The Balaban J connectivity index is 2.62. The van der Waals surface area contributed by atoms with E-state index in [2.05, 4.69) is 30.6 Å². The van der Waals surface area contributed by atoms with E-state index in [1.807, 2.05) is 13.0 Å². The number of nitrogens with one attached hydrogen (secondary N) is 1. The molecule has 1 aromatic heterocycles. The monoisotopic (exact) mass is 267 g/mol. The van der Waals surface area contributed by atoms with Crippen molar-refractivity contribution in [2.24, 2.45) is 5.92 Å². The van der Waals surface area contributed by atoms with Crippen LogP contribution >= 0.6 is 11.3 Å². The number of hydrogen-bond donors (Lipinski definition) is 2. The molecule has 0 aliphatic heterocycles. The van der Waals surface area contributed by atoms with Gasteiger partial charge in [0.1, 0.15) is 0 Å². The van der Waals surface area contributed by atoms with Crippen LogP contribution in [0, 0.1) is 5.92 Å². The van der Waals surface area contributed by atoms with E-state index in [9.17, 15) is 4.79 Å². The number of carbonyl (C=O) groups is 1. The van der Waals surface area contributed by atoms with Crippen molar-refractivity contribution in [1.82, 2.24) is 5.32 Å². The van der Waals surface area contributed by atoms with Crippen LogP contribution in [-0.2, 0) is 4.79 Å². The van der Waals surface area contributed by atoms with Crippen molar-refractivity contribution in [2.45, 2.75) is 33.2 Å². The molecule has 0 aliphatic rings. The van der Waals surface area contributed by atoms with Gasteiger partial charge in [-0.2, -0.15) is 0 Å². The molecule has 0 saturated carbocycles. The Bertz CT molecular complexity index is 396. The van der Waals surface area contributed by atoms with E-state index < -0.39 is 5.97 Å². The van der Waals surface area contributed by atoms with Crippen LogP contribution in [0.1, 0.15) is 38.1 Å². The molecule has 0 spiro atoms. The van der Waals surface area contributed by atoms with E-state index >= 15 is 0 Å². The summed E-state index contributed by atoms with van der Waals surface area (Å²) in [7, 11) is 0. The molecule has 0 radical (unpaired) electrons. The van der Waals surface area contributed by atoms with Crippen molar-refractivity contribution in [3.63, 3.8) is 0 Å². The van der Waals surface area contributed by atoms with E-state index in [1.54, 1.807) is 17.4 Å². The first-order valence-electron chi connectivity index (χ1n) is 6.25. The minimum Gasteiger partial charge on any atom is -0.478 e. The fraction of sp³-hybridized carbons (Fsp3) is 0.500. The van der Waals surface area contributed by atoms with Gasteiger partial charge in [0, 0.05) is 23.0 Å². The van der Waals surface area contributed by atoms with Crippen LogP contribution < -0.4 is 5.32 Å². The average molecular weight is 267 g/mol. The quantitative estimate of drug-likeness (QED) is 0.744. The molecule has 0 saturated heterocycles. The van der Waals surface area contributed by atoms with Crippen LogP contribution in [0.5, 0.6) is 0 Å². The van der Waals surface area contributed by atoms with Crippen LogP contribution in [0.4, 0.5) is 0 Å². The summed E-state index contributed by atoms with van der Waals surface area (Å²) in [4.78, 5) is 12.2. The van der Waals surface area contributed by atoms with E-state index in [4.69, 9.17) is 5.11 Å². The fourth-order valence-electron chi connectivity index (χ4n) is 1.83. The Morgan fingerprint density at radius 2 is 2.28 bits per heavy atom. The molecule has 1 atom stereocenters. The summed E-state index contributed by atoms with van der Waals surface area (Å²) in [5.74, 6) is -0.344. The van der Waals surface area contributed by atoms with Gasteiger partial charge in [-0.15, -0.1) is 11.3 Å². The van der Waals surface area contributed by atoms with Gasteiger partial charge in [-0.1, -0.05) is 32.9 Å². The van der Waals surface area contributed by atoms with Crippen molar-refractivity contribution < 1.29 is 9.90 Å². The van der Waals surface area contributed by atoms with Gasteiger partial charge in [-0.25, -0.2) is 4.79 Å². The molecule has 2 N–H and O–H groups in total. The maximum atomic E-state index is 10.9. The Kier molecular flexibility index (Phi) is 6.09. The van der Waals surface area contributed by atoms with Gasteiger partial charge in [0.05, 0.1) is 0 Å². The van der Waals surface area contributed by atoms with Crippen LogP contribution in [0.2, 0.25) is 0 Å². The third kappa shape index (κ3) is 4.27. The van der Waals surface area contributed by atoms with Crippen molar-refractivity contribution in [3.8, 4) is 0 Å². The minimum absolute atomic E-state index is 0.285. The van der Waals surface area contributed by atoms with Crippen LogP contribution in [0.15, 0.2) is 29.2 Å². The topological polar surface area (TPSA) is 49.3 Å². The summed E-state index contributed by atoms with van der Waals surface area (Å²) in [5.41, 5.74) is 0.469. The fourth-order valence-corrected chi connectivity index (χ4v) is 2.80. The molecule has 0 fully saturated rings. The van der Waals surface area contributed by atoms with Crippen molar-refractivity contribution in [3.05, 3.63) is 34.0 Å². The number of carboxylic acid groups (broad SMARTS) is 1. The molecule has 0 amide bonds. The first-order chi connectivity index (χ1) is 8.56. The zero-order valence-corrected chi connectivity index (χ0v) is 12.0. The molecule has 1 unspecified atom stereocenters. The average Bonchev–Trinajstić information content (AvgIpc) is 2.81. The number of aliphatic carboxylic acids is 1. The lowest BCUT2D eigenvalue weighted by Crippen LogP contribution is -2.25. The van der Waals surface area contributed by atoms with Crippen LogP contribution in [0.3, 0.4) is 0 Å². The maximum absolute atomic E-state index is 10.9. The smallest absolute Gasteiger partial charge is 0.331 e. The number of hydrogen-bond acceptors (Lipinski definition) is 3. The summed E-state index contributed by atoms with van der Waals surface area (Å²) < 4.78 is 0. The zero-order valence-electron chi connectivity index (χ0n) is 11.1. The molecule has 0 aliphatic carbocycles. The lowest BCUT2D eigenvalue weighted by atomic mass is 10.0. The van der Waals surface area contributed by atoms with E-state index in [-0.39, 0.29) is 6.04 Å². The van der Waals surface area contributed by atoms with E-state index in [1.165, 1.54) is 4.88 Å². The summed E-state index contributed by atoms with van der Waals surface area (Å²) >= 11 is 1.73. The summed E-state index contributed by atoms with van der Waals surface area (Å²) in [6.07, 6.45) is 2.33. The van der Waals surface area contributed by atoms with Gasteiger partial charge in [-0.05, 0) is 23.8 Å². The summed E-state index contributed by atoms with van der Waals surface area (Å²) in [5, 5.41) is 14.4. The number of thiophene rings is 1. The first-order valence-corrected chi connectivity index (χ1v) is 7.13. The third-order valence-corrected chi connectivity index (χ3v) is 3.81. The van der Waals surface area contributed by atoms with Crippen LogP contribution in [-0.4, -0.2) is 17.6 Å². The van der Waals surface area contributed by atoms with Crippen molar-refractivity contribution in [1.29, 1.82) is 0 Å². The standard InChI is InChI=1S/C14H21NO2S/c1-4-11(14(16)17)7-8-15-13(10(2)3)12-6-5-9-18-12/h5-7,9-10,13,15H,4,8H2,1-3H3,(H,16,17)/b11-7-. The molecular formula is C14H21NO2S. The van der Waals surface area contributed by atoms with Crippen molar-refractivity contribution >= 4 is 17.3 Å². The molecule has 1 heterocycles. The second kappa shape index (κ2) is 7.34. The van der Waals surface area contributed by atoms with Gasteiger partial charge in [0.2, 0.25) is 0 Å². The predicted molar refractivity (Wildman–Crippen MR) is 75.9 cm³/mol. The summed E-state index contributed by atoms with van der Waals surface area (Å²) in [6.45, 7) is 6.79. The molecular weight excluding hydrogens is 246 g/mol. The first kappa shape index (κ1) is 14.9. The zero-order chi connectivity index (χ0) is 13.5. The Hall–Kier alpha value is -1.13. The molecule has 1 rings (SSSR count). The maximum Gasteiger partial charge on any atom is 0.331 e.